The van der Waals surface area contributed by atoms with Crippen LogP contribution in [0.25, 0.3) is 11.4 Å². The number of amides is 1. The molecular weight excluding hydrogens is 454 g/mol. The van der Waals surface area contributed by atoms with E-state index in [4.69, 9.17) is 4.74 Å². The molecule has 0 saturated carbocycles. The molecule has 0 aliphatic carbocycles. The third kappa shape index (κ3) is 5.07. The molecule has 174 valence electrons. The smallest absolute Gasteiger partial charge is 0.261 e. The van der Waals surface area contributed by atoms with Crippen molar-refractivity contribution in [3.8, 4) is 17.1 Å². The summed E-state index contributed by atoms with van der Waals surface area (Å²) in [5, 5.41) is 9.74. The normalized spacial score (nSPS) is 11.1. The van der Waals surface area contributed by atoms with Crippen LogP contribution in [-0.4, -0.2) is 36.6 Å². The zero-order chi connectivity index (χ0) is 24.3. The van der Waals surface area contributed by atoms with E-state index in [0.717, 1.165) is 5.56 Å². The maximum absolute atomic E-state index is 13.0. The van der Waals surface area contributed by atoms with E-state index < -0.39 is 15.9 Å². The van der Waals surface area contributed by atoms with Gasteiger partial charge < -0.3 is 10.1 Å². The summed E-state index contributed by atoms with van der Waals surface area (Å²) in [5.41, 5.74) is 2.54. The molecule has 0 aliphatic rings. The van der Waals surface area contributed by atoms with Crippen LogP contribution in [0.15, 0.2) is 71.6 Å². The quantitative estimate of drug-likeness (QED) is 0.367. The van der Waals surface area contributed by atoms with Gasteiger partial charge in [0.2, 0.25) is 0 Å². The number of H-pyrrole nitrogens is 1. The largest absolute Gasteiger partial charge is 0.497 e. The predicted molar refractivity (Wildman–Crippen MR) is 129 cm³/mol. The number of methoxy groups -OCH3 is 1. The number of aromatic amines is 1. The summed E-state index contributed by atoms with van der Waals surface area (Å²) < 4.78 is 33.4. The van der Waals surface area contributed by atoms with Gasteiger partial charge in [-0.25, -0.2) is 13.4 Å². The molecule has 0 bridgehead atoms. The first-order valence-electron chi connectivity index (χ1n) is 10.3. The topological polar surface area (TPSA) is 126 Å². The summed E-state index contributed by atoms with van der Waals surface area (Å²) in [7, 11) is -2.38. The molecule has 1 heterocycles. The van der Waals surface area contributed by atoms with Gasteiger partial charge in [0.05, 0.1) is 12.0 Å². The summed E-state index contributed by atoms with van der Waals surface area (Å²) in [6.45, 7) is 3.55. The van der Waals surface area contributed by atoms with Crippen LogP contribution in [-0.2, 0) is 10.0 Å². The first-order chi connectivity index (χ1) is 16.2. The van der Waals surface area contributed by atoms with Crippen LogP contribution in [0.1, 0.15) is 21.7 Å². The van der Waals surface area contributed by atoms with Gasteiger partial charge in [0, 0.05) is 22.5 Å². The molecule has 0 saturated heterocycles. The van der Waals surface area contributed by atoms with Gasteiger partial charge in [-0.15, -0.1) is 0 Å². The molecular formula is C24H23N5O4S. The minimum atomic E-state index is -3.91. The summed E-state index contributed by atoms with van der Waals surface area (Å²) in [6, 6.07) is 18.0. The average molecular weight is 478 g/mol. The second-order valence-corrected chi connectivity index (χ2v) is 9.27. The van der Waals surface area contributed by atoms with Crippen LogP contribution in [0.2, 0.25) is 0 Å². The molecule has 0 unspecified atom stereocenters. The van der Waals surface area contributed by atoms with E-state index in [1.54, 1.807) is 62.4 Å². The number of nitrogens with zero attached hydrogens (tertiary/aromatic N) is 2. The lowest BCUT2D eigenvalue weighted by Gasteiger charge is -2.12. The number of ether oxygens (including phenoxy) is 1. The summed E-state index contributed by atoms with van der Waals surface area (Å²) in [4.78, 5) is 17.3. The summed E-state index contributed by atoms with van der Waals surface area (Å²) in [5.74, 6) is 1.38. The van der Waals surface area contributed by atoms with Crippen molar-refractivity contribution in [3.05, 3.63) is 83.7 Å². The molecule has 0 fully saturated rings. The van der Waals surface area contributed by atoms with Gasteiger partial charge in [-0.3, -0.25) is 14.6 Å². The fraction of sp³-hybridized carbons (Fsp3) is 0.125. The van der Waals surface area contributed by atoms with Crippen molar-refractivity contribution in [3.63, 3.8) is 0 Å². The van der Waals surface area contributed by atoms with Crippen molar-refractivity contribution >= 4 is 27.3 Å². The number of carbonyl (C=O) groups is 1. The first-order valence-corrected chi connectivity index (χ1v) is 11.8. The van der Waals surface area contributed by atoms with Crippen molar-refractivity contribution in [2.75, 3.05) is 17.1 Å². The molecule has 4 aromatic rings. The maximum atomic E-state index is 13.0. The van der Waals surface area contributed by atoms with Gasteiger partial charge in [0.15, 0.2) is 5.82 Å². The van der Waals surface area contributed by atoms with Gasteiger partial charge in [-0.2, -0.15) is 5.10 Å². The third-order valence-corrected chi connectivity index (χ3v) is 6.46. The number of benzene rings is 3. The Hall–Kier alpha value is -4.18. The van der Waals surface area contributed by atoms with Gasteiger partial charge in [-0.1, -0.05) is 18.2 Å². The highest BCUT2D eigenvalue weighted by Crippen LogP contribution is 2.23. The minimum absolute atomic E-state index is 0.0241. The molecule has 0 radical (unpaired) electrons. The van der Waals surface area contributed by atoms with Crippen LogP contribution >= 0.6 is 0 Å². The van der Waals surface area contributed by atoms with Crippen LogP contribution in [0.3, 0.4) is 0 Å². The van der Waals surface area contributed by atoms with Gasteiger partial charge in [0.25, 0.3) is 15.9 Å². The van der Waals surface area contributed by atoms with Crippen LogP contribution in [0, 0.1) is 13.8 Å². The number of nitrogens with one attached hydrogen (secondary N) is 3. The fourth-order valence-electron chi connectivity index (χ4n) is 3.29. The van der Waals surface area contributed by atoms with E-state index >= 15 is 0 Å². The van der Waals surface area contributed by atoms with Crippen LogP contribution in [0.4, 0.5) is 11.4 Å². The van der Waals surface area contributed by atoms with E-state index in [1.165, 1.54) is 19.2 Å². The lowest BCUT2D eigenvalue weighted by atomic mass is 10.1. The van der Waals surface area contributed by atoms with E-state index in [1.807, 2.05) is 6.07 Å². The molecule has 0 atom stereocenters. The van der Waals surface area contributed by atoms with E-state index in [9.17, 15) is 13.2 Å². The second-order valence-electron chi connectivity index (χ2n) is 7.59. The molecule has 1 aromatic heterocycles. The second kappa shape index (κ2) is 9.36. The SMILES string of the molecule is COc1ccc(NS(=O)(=O)c2ccc(C)c(C(=O)Nc3cccc(-c4n[nH]c(C)n4)c3)c2)cc1. The fourth-order valence-corrected chi connectivity index (χ4v) is 4.38. The Bertz CT molecular complexity index is 1450. The van der Waals surface area contributed by atoms with Crippen molar-refractivity contribution in [1.82, 2.24) is 15.2 Å². The number of sulfonamides is 1. The van der Waals surface area contributed by atoms with Gasteiger partial charge >= 0.3 is 0 Å². The van der Waals surface area contributed by atoms with Crippen LogP contribution in [0.5, 0.6) is 5.75 Å². The molecule has 1 amide bonds. The van der Waals surface area contributed by atoms with Crippen molar-refractivity contribution in [1.29, 1.82) is 0 Å². The number of rotatable bonds is 7. The Labute approximate surface area is 197 Å². The molecule has 4 rings (SSSR count). The Kier molecular flexibility index (Phi) is 6.33. The van der Waals surface area contributed by atoms with Gasteiger partial charge in [0.1, 0.15) is 11.6 Å². The Morgan fingerprint density at radius 3 is 2.41 bits per heavy atom. The molecule has 10 heteroatoms. The molecule has 3 N–H and O–H groups in total. The zero-order valence-electron chi connectivity index (χ0n) is 18.8. The highest BCUT2D eigenvalue weighted by molar-refractivity contribution is 7.92. The van der Waals surface area contributed by atoms with E-state index in [-0.39, 0.29) is 10.5 Å². The first kappa shape index (κ1) is 23.0. The monoisotopic (exact) mass is 477 g/mol. The number of anilines is 2. The van der Waals surface area contributed by atoms with E-state index in [0.29, 0.717) is 34.3 Å². The highest BCUT2D eigenvalue weighted by Gasteiger charge is 2.19. The average Bonchev–Trinajstić information content (AvgIpc) is 3.26. The molecule has 0 aliphatic heterocycles. The molecule has 34 heavy (non-hydrogen) atoms. The molecule has 9 nitrogen and oxygen atoms in total. The maximum Gasteiger partial charge on any atom is 0.261 e. The lowest BCUT2D eigenvalue weighted by molar-refractivity contribution is 0.102. The number of hydrogen-bond donors (Lipinski definition) is 3. The third-order valence-electron chi connectivity index (χ3n) is 5.08. The van der Waals surface area contributed by atoms with Crippen molar-refractivity contribution < 1.29 is 17.9 Å². The van der Waals surface area contributed by atoms with E-state index in [2.05, 4.69) is 25.2 Å². The highest BCUT2D eigenvalue weighted by atomic mass is 32.2. The number of hydrogen-bond acceptors (Lipinski definition) is 6. The number of aromatic nitrogens is 3. The standard InChI is InChI=1S/C24H23N5O4S/c1-15-7-12-21(34(31,32)29-18-8-10-20(33-3)11-9-18)14-22(15)24(30)26-19-6-4-5-17(13-19)23-25-16(2)27-28-23/h4-14,29H,1-3H3,(H,26,30)(H,25,27,28). The van der Waals surface area contributed by atoms with Crippen LogP contribution < -0.4 is 14.8 Å². The van der Waals surface area contributed by atoms with Gasteiger partial charge in [-0.05, 0) is 67.9 Å². The number of carbonyl (C=O) groups excluding carboxylic acids is 1. The lowest BCUT2D eigenvalue weighted by Crippen LogP contribution is -2.17. The molecule has 0 spiro atoms. The minimum Gasteiger partial charge on any atom is -0.497 e. The Balaban J connectivity index is 1.56. The number of aryl methyl sites for hydroxylation is 2. The summed E-state index contributed by atoms with van der Waals surface area (Å²) in [6.07, 6.45) is 0. The van der Waals surface area contributed by atoms with Crippen molar-refractivity contribution in [2.45, 2.75) is 18.7 Å². The Morgan fingerprint density at radius 2 is 1.74 bits per heavy atom. The zero-order valence-corrected chi connectivity index (χ0v) is 19.6. The predicted octanol–water partition coefficient (Wildman–Crippen LogP) is 4.15. The van der Waals surface area contributed by atoms with Crippen molar-refractivity contribution in [2.24, 2.45) is 0 Å². The summed E-state index contributed by atoms with van der Waals surface area (Å²) >= 11 is 0. The Morgan fingerprint density at radius 1 is 0.971 bits per heavy atom. The molecule has 3 aromatic carbocycles.